The minimum absolute atomic E-state index is 0. The largest absolute Gasteiger partial charge is 0.497 e. The van der Waals surface area contributed by atoms with Gasteiger partial charge in [0.05, 0.1) is 18.3 Å². The molecule has 144 valence electrons. The lowest BCUT2D eigenvalue weighted by atomic mass is 10.1. The van der Waals surface area contributed by atoms with E-state index >= 15 is 0 Å². The number of methoxy groups -OCH3 is 1. The number of hydrogen-bond donors (Lipinski definition) is 1. The first-order chi connectivity index (χ1) is 12.2. The van der Waals surface area contributed by atoms with Crippen molar-refractivity contribution in [1.82, 2.24) is 9.88 Å². The number of pyridine rings is 1. The van der Waals surface area contributed by atoms with Crippen LogP contribution >= 0.6 is 12.4 Å². The van der Waals surface area contributed by atoms with Crippen LogP contribution < -0.4 is 10.1 Å². The van der Waals surface area contributed by atoms with Gasteiger partial charge in [0.2, 0.25) is 0 Å². The number of ether oxygens (including phenoxy) is 1. The number of fused-ring (bicyclic) bond motifs is 1. The Hall–Kier alpha value is -1.52. The van der Waals surface area contributed by atoms with Gasteiger partial charge in [-0.25, -0.2) is 0 Å². The van der Waals surface area contributed by atoms with Gasteiger partial charge in [0, 0.05) is 43.3 Å². The standard InChI is InChI=1S/C21H31N3O.ClH/c1-16(2)15-24(18-8-4-5-9-18)12-11-22-20-14-19(25-3)13-17-7-6-10-23-21(17)20;/h6-7,10,13-14,16,18,22H,4-5,8-9,11-12,15H2,1-3H3;1H. The van der Waals surface area contributed by atoms with Gasteiger partial charge < -0.3 is 10.1 Å². The van der Waals surface area contributed by atoms with E-state index in [1.807, 2.05) is 18.3 Å². The number of aromatic nitrogens is 1. The van der Waals surface area contributed by atoms with E-state index in [2.05, 4.69) is 41.2 Å². The number of benzene rings is 1. The van der Waals surface area contributed by atoms with Crippen LogP contribution in [-0.2, 0) is 0 Å². The molecule has 1 aliphatic rings. The molecule has 0 unspecified atom stereocenters. The monoisotopic (exact) mass is 377 g/mol. The zero-order valence-corrected chi connectivity index (χ0v) is 17.0. The van der Waals surface area contributed by atoms with E-state index in [0.717, 1.165) is 41.5 Å². The summed E-state index contributed by atoms with van der Waals surface area (Å²) in [4.78, 5) is 7.23. The second kappa shape index (κ2) is 9.98. The lowest BCUT2D eigenvalue weighted by molar-refractivity contribution is 0.184. The van der Waals surface area contributed by atoms with Gasteiger partial charge in [-0.1, -0.05) is 32.8 Å². The Labute approximate surface area is 163 Å². The second-order valence-electron chi connectivity index (χ2n) is 7.50. The molecule has 1 fully saturated rings. The summed E-state index contributed by atoms with van der Waals surface area (Å²) in [7, 11) is 1.71. The summed E-state index contributed by atoms with van der Waals surface area (Å²) in [6.07, 6.45) is 7.34. The van der Waals surface area contributed by atoms with Crippen LogP contribution in [0, 0.1) is 5.92 Å². The molecule has 1 saturated carbocycles. The molecule has 1 aromatic carbocycles. The van der Waals surface area contributed by atoms with Crippen LogP contribution in [0.2, 0.25) is 0 Å². The quantitative estimate of drug-likeness (QED) is 0.704. The van der Waals surface area contributed by atoms with Gasteiger partial charge >= 0.3 is 0 Å². The van der Waals surface area contributed by atoms with Crippen molar-refractivity contribution in [1.29, 1.82) is 0 Å². The molecule has 2 aromatic rings. The van der Waals surface area contributed by atoms with Crippen LogP contribution in [-0.4, -0.2) is 42.7 Å². The summed E-state index contributed by atoms with van der Waals surface area (Å²) in [5.74, 6) is 1.58. The number of nitrogens with zero attached hydrogens (tertiary/aromatic N) is 2. The van der Waals surface area contributed by atoms with E-state index in [1.165, 1.54) is 32.2 Å². The summed E-state index contributed by atoms with van der Waals surface area (Å²) in [6.45, 7) is 7.82. The molecule has 0 bridgehead atoms. The highest BCUT2D eigenvalue weighted by Gasteiger charge is 2.22. The van der Waals surface area contributed by atoms with Crippen LogP contribution in [0.4, 0.5) is 5.69 Å². The third-order valence-electron chi connectivity index (χ3n) is 5.07. The van der Waals surface area contributed by atoms with Crippen molar-refractivity contribution in [3.05, 3.63) is 30.5 Å². The number of halogens is 1. The predicted molar refractivity (Wildman–Crippen MR) is 113 cm³/mol. The average Bonchev–Trinajstić information content (AvgIpc) is 3.14. The van der Waals surface area contributed by atoms with Crippen LogP contribution in [0.1, 0.15) is 39.5 Å². The highest BCUT2D eigenvalue weighted by molar-refractivity contribution is 5.91. The summed E-state index contributed by atoms with van der Waals surface area (Å²) in [5.41, 5.74) is 2.07. The first-order valence-corrected chi connectivity index (χ1v) is 9.58. The lowest BCUT2D eigenvalue weighted by Crippen LogP contribution is -2.39. The van der Waals surface area contributed by atoms with Gasteiger partial charge in [0.25, 0.3) is 0 Å². The fraction of sp³-hybridized carbons (Fsp3) is 0.571. The number of nitrogens with one attached hydrogen (secondary N) is 1. The molecule has 4 nitrogen and oxygen atoms in total. The Kier molecular flexibility index (Phi) is 7.98. The molecule has 0 saturated heterocycles. The Morgan fingerprint density at radius 1 is 1.27 bits per heavy atom. The summed E-state index contributed by atoms with van der Waals surface area (Å²) in [6, 6.07) is 8.91. The average molecular weight is 378 g/mol. The molecule has 1 N–H and O–H groups in total. The Balaban J connectivity index is 0.00000243. The fourth-order valence-corrected chi connectivity index (χ4v) is 3.91. The first-order valence-electron chi connectivity index (χ1n) is 9.58. The van der Waals surface area contributed by atoms with E-state index < -0.39 is 0 Å². The zero-order chi connectivity index (χ0) is 17.6. The molecule has 0 amide bonds. The van der Waals surface area contributed by atoms with Gasteiger partial charge in [0.1, 0.15) is 5.75 Å². The highest BCUT2D eigenvalue weighted by atomic mass is 35.5. The number of anilines is 1. The molecule has 1 aromatic heterocycles. The van der Waals surface area contributed by atoms with E-state index in [4.69, 9.17) is 4.74 Å². The van der Waals surface area contributed by atoms with Gasteiger partial charge in [-0.3, -0.25) is 9.88 Å². The number of rotatable bonds is 8. The van der Waals surface area contributed by atoms with Crippen LogP contribution in [0.15, 0.2) is 30.5 Å². The third-order valence-corrected chi connectivity index (χ3v) is 5.07. The Bertz CT molecular complexity index is 686. The maximum atomic E-state index is 5.45. The van der Waals surface area contributed by atoms with E-state index in [-0.39, 0.29) is 12.4 Å². The minimum Gasteiger partial charge on any atom is -0.497 e. The van der Waals surface area contributed by atoms with Gasteiger partial charge in [-0.05, 0) is 30.9 Å². The molecular weight excluding hydrogens is 346 g/mol. The van der Waals surface area contributed by atoms with Crippen molar-refractivity contribution in [3.63, 3.8) is 0 Å². The van der Waals surface area contributed by atoms with Crippen LogP contribution in [0.3, 0.4) is 0 Å². The van der Waals surface area contributed by atoms with Crippen LogP contribution in [0.5, 0.6) is 5.75 Å². The molecule has 26 heavy (non-hydrogen) atoms. The van der Waals surface area contributed by atoms with E-state index in [1.54, 1.807) is 7.11 Å². The smallest absolute Gasteiger partial charge is 0.121 e. The maximum absolute atomic E-state index is 5.45. The summed E-state index contributed by atoms with van der Waals surface area (Å²) < 4.78 is 5.45. The van der Waals surface area contributed by atoms with E-state index in [0.29, 0.717) is 5.92 Å². The predicted octanol–water partition coefficient (Wildman–Crippen LogP) is 4.98. The molecule has 0 spiro atoms. The highest BCUT2D eigenvalue weighted by Crippen LogP contribution is 2.28. The van der Waals surface area contributed by atoms with Crippen molar-refractivity contribution in [2.24, 2.45) is 5.92 Å². The summed E-state index contributed by atoms with van der Waals surface area (Å²) >= 11 is 0. The van der Waals surface area contributed by atoms with Crippen molar-refractivity contribution >= 4 is 29.0 Å². The molecule has 0 atom stereocenters. The second-order valence-corrected chi connectivity index (χ2v) is 7.50. The third kappa shape index (κ3) is 5.24. The van der Waals surface area contributed by atoms with E-state index in [9.17, 15) is 0 Å². The Morgan fingerprint density at radius 3 is 2.73 bits per heavy atom. The summed E-state index contributed by atoms with van der Waals surface area (Å²) in [5, 5.41) is 4.72. The minimum atomic E-state index is 0. The number of hydrogen-bond acceptors (Lipinski definition) is 4. The zero-order valence-electron chi connectivity index (χ0n) is 16.2. The Morgan fingerprint density at radius 2 is 2.04 bits per heavy atom. The molecule has 1 heterocycles. The van der Waals surface area contributed by atoms with Crippen molar-refractivity contribution in [2.45, 2.75) is 45.6 Å². The van der Waals surface area contributed by atoms with Gasteiger partial charge in [-0.15, -0.1) is 12.4 Å². The SMILES string of the molecule is COc1cc(NCCN(CC(C)C)C2CCCC2)c2ncccc2c1.Cl. The van der Waals surface area contributed by atoms with Gasteiger partial charge in [0.15, 0.2) is 0 Å². The maximum Gasteiger partial charge on any atom is 0.121 e. The molecule has 0 aliphatic heterocycles. The molecular formula is C21H32ClN3O. The van der Waals surface area contributed by atoms with Crippen molar-refractivity contribution in [3.8, 4) is 5.75 Å². The molecule has 1 aliphatic carbocycles. The molecule has 5 heteroatoms. The molecule has 0 radical (unpaired) electrons. The van der Waals surface area contributed by atoms with Gasteiger partial charge in [-0.2, -0.15) is 0 Å². The fourth-order valence-electron chi connectivity index (χ4n) is 3.91. The first kappa shape index (κ1) is 20.8. The topological polar surface area (TPSA) is 37.4 Å². The lowest BCUT2D eigenvalue weighted by Gasteiger charge is -2.30. The van der Waals surface area contributed by atoms with Crippen molar-refractivity contribution in [2.75, 3.05) is 32.1 Å². The molecule has 3 rings (SSSR count). The normalized spacial score (nSPS) is 14.8. The van der Waals surface area contributed by atoms with Crippen LogP contribution in [0.25, 0.3) is 10.9 Å². The van der Waals surface area contributed by atoms with Crippen molar-refractivity contribution < 1.29 is 4.74 Å².